The van der Waals surface area contributed by atoms with Gasteiger partial charge in [-0.1, -0.05) is 12.1 Å². The third-order valence-corrected chi connectivity index (χ3v) is 4.62. The van der Waals surface area contributed by atoms with Crippen LogP contribution in [0.25, 0.3) is 11.4 Å². The maximum Gasteiger partial charge on any atom is 0.123 e. The number of H-pyrrole nitrogens is 1. The average Bonchev–Trinajstić information content (AvgIpc) is 3.02. The smallest absolute Gasteiger partial charge is 0.123 e. The molecule has 3 heterocycles. The lowest BCUT2D eigenvalue weighted by molar-refractivity contribution is 0.299. The fourth-order valence-electron chi connectivity index (χ4n) is 3.50. The molecular formula is C18H19FN4. The van der Waals surface area contributed by atoms with E-state index in [1.54, 1.807) is 6.20 Å². The predicted octanol–water partition coefficient (Wildman–Crippen LogP) is 3.65. The van der Waals surface area contributed by atoms with Gasteiger partial charge in [0.2, 0.25) is 0 Å². The lowest BCUT2D eigenvalue weighted by Crippen LogP contribution is -2.38. The number of benzene rings is 1. The van der Waals surface area contributed by atoms with Crippen LogP contribution in [0.5, 0.6) is 0 Å². The highest BCUT2D eigenvalue weighted by Crippen LogP contribution is 2.35. The van der Waals surface area contributed by atoms with Crippen molar-refractivity contribution in [2.75, 3.05) is 0 Å². The minimum absolute atomic E-state index is 0.196. The minimum atomic E-state index is -0.196. The van der Waals surface area contributed by atoms with Crippen LogP contribution in [-0.2, 0) is 0 Å². The number of aromatic amines is 1. The number of aromatic nitrogens is 3. The van der Waals surface area contributed by atoms with Gasteiger partial charge in [0.25, 0.3) is 0 Å². The quantitative estimate of drug-likeness (QED) is 0.760. The van der Waals surface area contributed by atoms with E-state index >= 15 is 0 Å². The van der Waals surface area contributed by atoms with Crippen molar-refractivity contribution in [1.29, 1.82) is 0 Å². The Morgan fingerprint density at radius 1 is 1.09 bits per heavy atom. The number of halogens is 1. The Hall–Kier alpha value is -2.27. The molecule has 0 saturated carbocycles. The largest absolute Gasteiger partial charge is 0.342 e. The van der Waals surface area contributed by atoms with Gasteiger partial charge in [0.1, 0.15) is 17.3 Å². The summed E-state index contributed by atoms with van der Waals surface area (Å²) in [6.07, 6.45) is 5.60. The molecule has 2 N–H and O–H groups in total. The molecular weight excluding hydrogens is 291 g/mol. The lowest BCUT2D eigenvalue weighted by Gasteiger charge is -2.34. The molecule has 23 heavy (non-hydrogen) atoms. The molecule has 1 aromatic carbocycles. The molecule has 1 aromatic rings. The van der Waals surface area contributed by atoms with E-state index in [-0.39, 0.29) is 11.9 Å². The van der Waals surface area contributed by atoms with Crippen LogP contribution >= 0.6 is 0 Å². The van der Waals surface area contributed by atoms with Gasteiger partial charge in [0, 0.05) is 24.2 Å². The Bertz CT molecular complexity index is 767. The van der Waals surface area contributed by atoms with Crippen molar-refractivity contribution in [2.45, 2.75) is 37.8 Å². The van der Waals surface area contributed by atoms with Crippen LogP contribution in [0.2, 0.25) is 0 Å². The molecule has 5 heteroatoms. The zero-order valence-corrected chi connectivity index (χ0v) is 13.0. The van der Waals surface area contributed by atoms with E-state index in [9.17, 15) is 4.39 Å². The fourth-order valence-corrected chi connectivity index (χ4v) is 3.50. The first kappa shape index (κ1) is 14.3. The molecule has 1 saturated heterocycles. The molecule has 0 aliphatic carbocycles. The first-order valence-corrected chi connectivity index (χ1v) is 8.00. The SMILES string of the molecule is CC1CC(c2ncc3nccc-3[nH]2)CC(c2ccc(F)cc2)N1. The van der Waals surface area contributed by atoms with Gasteiger partial charge < -0.3 is 10.3 Å². The zero-order valence-electron chi connectivity index (χ0n) is 13.0. The summed E-state index contributed by atoms with van der Waals surface area (Å²) in [7, 11) is 0. The zero-order chi connectivity index (χ0) is 15.8. The molecule has 0 radical (unpaired) electrons. The summed E-state index contributed by atoms with van der Waals surface area (Å²) in [6.45, 7) is 2.19. The topological polar surface area (TPSA) is 53.6 Å². The van der Waals surface area contributed by atoms with Gasteiger partial charge in [0.15, 0.2) is 0 Å². The van der Waals surface area contributed by atoms with Crippen LogP contribution in [0.3, 0.4) is 0 Å². The molecule has 3 atom stereocenters. The van der Waals surface area contributed by atoms with E-state index in [2.05, 4.69) is 27.2 Å². The number of hydrogen-bond acceptors (Lipinski definition) is 3. The van der Waals surface area contributed by atoms with E-state index in [1.807, 2.05) is 24.4 Å². The van der Waals surface area contributed by atoms with Gasteiger partial charge in [0.05, 0.1) is 11.9 Å². The summed E-state index contributed by atoms with van der Waals surface area (Å²) in [4.78, 5) is 12.2. The highest BCUT2D eigenvalue weighted by molar-refractivity contribution is 5.54. The molecule has 0 amide bonds. The molecule has 3 aliphatic rings. The third kappa shape index (κ3) is 2.84. The average molecular weight is 310 g/mol. The Labute approximate surface area is 134 Å². The summed E-state index contributed by atoms with van der Waals surface area (Å²) in [6, 6.07) is 9.35. The van der Waals surface area contributed by atoms with Crippen molar-refractivity contribution in [3.8, 4) is 11.4 Å². The Balaban J connectivity index is 1.61. The van der Waals surface area contributed by atoms with E-state index in [0.29, 0.717) is 12.0 Å². The minimum Gasteiger partial charge on any atom is -0.342 e. The molecule has 3 unspecified atom stereocenters. The van der Waals surface area contributed by atoms with Crippen molar-refractivity contribution in [2.24, 2.45) is 0 Å². The van der Waals surface area contributed by atoms with Gasteiger partial charge in [-0.15, -0.1) is 0 Å². The van der Waals surface area contributed by atoms with Gasteiger partial charge in [-0.3, -0.25) is 4.98 Å². The van der Waals surface area contributed by atoms with Gasteiger partial charge in [-0.2, -0.15) is 0 Å². The number of nitrogens with zero attached hydrogens (tertiary/aromatic N) is 2. The molecule has 0 aromatic heterocycles. The number of rotatable bonds is 2. The van der Waals surface area contributed by atoms with E-state index in [4.69, 9.17) is 0 Å². The van der Waals surface area contributed by atoms with Crippen LogP contribution in [0.1, 0.15) is 43.1 Å². The second-order valence-corrected chi connectivity index (χ2v) is 6.35. The van der Waals surface area contributed by atoms with Crippen molar-refractivity contribution < 1.29 is 4.39 Å². The van der Waals surface area contributed by atoms with Gasteiger partial charge in [-0.25, -0.2) is 9.37 Å². The normalized spacial score (nSPS) is 24.9. The second kappa shape index (κ2) is 5.74. The Kier molecular flexibility index (Phi) is 3.58. The number of nitrogens with one attached hydrogen (secondary N) is 2. The van der Waals surface area contributed by atoms with Crippen LogP contribution in [-0.4, -0.2) is 21.0 Å². The summed E-state index contributed by atoms with van der Waals surface area (Å²) >= 11 is 0. The van der Waals surface area contributed by atoms with Crippen LogP contribution in [0.15, 0.2) is 42.7 Å². The maximum absolute atomic E-state index is 13.1. The highest BCUT2D eigenvalue weighted by Gasteiger charge is 2.29. The lowest BCUT2D eigenvalue weighted by atomic mass is 9.85. The number of piperidine rings is 1. The van der Waals surface area contributed by atoms with Crippen LogP contribution in [0.4, 0.5) is 4.39 Å². The van der Waals surface area contributed by atoms with E-state index < -0.39 is 0 Å². The van der Waals surface area contributed by atoms with Gasteiger partial charge >= 0.3 is 0 Å². The Morgan fingerprint density at radius 2 is 1.91 bits per heavy atom. The van der Waals surface area contributed by atoms with Crippen molar-refractivity contribution >= 4 is 0 Å². The molecule has 118 valence electrons. The molecule has 1 fully saturated rings. The Morgan fingerprint density at radius 3 is 2.74 bits per heavy atom. The van der Waals surface area contributed by atoms with Crippen LogP contribution in [0, 0.1) is 5.82 Å². The summed E-state index contributed by atoms with van der Waals surface area (Å²) in [5.41, 5.74) is 3.05. The number of fused-ring (bicyclic) bond motifs is 1. The standard InChI is InChI=1S/C18H19FN4/c1-11-8-13(18-21-10-17-15(23-18)6-7-20-17)9-16(22-11)12-2-4-14(19)5-3-12/h2-7,10-11,13,16,22H,8-9H2,1H3,(H,21,23). The highest BCUT2D eigenvalue weighted by atomic mass is 19.1. The van der Waals surface area contributed by atoms with Crippen molar-refractivity contribution in [1.82, 2.24) is 20.3 Å². The molecule has 4 nitrogen and oxygen atoms in total. The predicted molar refractivity (Wildman–Crippen MR) is 86.7 cm³/mol. The van der Waals surface area contributed by atoms with Crippen molar-refractivity contribution in [3.63, 3.8) is 0 Å². The monoisotopic (exact) mass is 310 g/mol. The first-order valence-electron chi connectivity index (χ1n) is 8.00. The first-order chi connectivity index (χ1) is 11.2. The fraction of sp³-hybridized carbons (Fsp3) is 0.333. The maximum atomic E-state index is 13.1. The third-order valence-electron chi connectivity index (χ3n) is 4.62. The number of hydrogen-bond donors (Lipinski definition) is 2. The summed E-state index contributed by atoms with van der Waals surface area (Å²) < 4.78 is 13.1. The molecule has 0 bridgehead atoms. The summed E-state index contributed by atoms with van der Waals surface area (Å²) in [5.74, 6) is 1.16. The van der Waals surface area contributed by atoms with Gasteiger partial charge in [-0.05, 0) is 43.5 Å². The molecule has 3 aliphatic heterocycles. The van der Waals surface area contributed by atoms with E-state index in [1.165, 1.54) is 12.1 Å². The molecule has 0 spiro atoms. The van der Waals surface area contributed by atoms with Crippen molar-refractivity contribution in [3.05, 3.63) is 59.9 Å². The second-order valence-electron chi connectivity index (χ2n) is 6.35. The summed E-state index contributed by atoms with van der Waals surface area (Å²) in [5, 5.41) is 3.61. The molecule has 4 rings (SSSR count). The van der Waals surface area contributed by atoms with E-state index in [0.717, 1.165) is 35.6 Å². The van der Waals surface area contributed by atoms with Crippen LogP contribution < -0.4 is 5.32 Å².